The van der Waals surface area contributed by atoms with Gasteiger partial charge >= 0.3 is 0 Å². The molecule has 0 aromatic carbocycles. The molecule has 4 heteroatoms. The van der Waals surface area contributed by atoms with Crippen LogP contribution in [-0.4, -0.2) is 30.7 Å². The lowest BCUT2D eigenvalue weighted by Crippen LogP contribution is -2.23. The summed E-state index contributed by atoms with van der Waals surface area (Å²) in [6, 6.07) is 4.22. The van der Waals surface area contributed by atoms with Crippen molar-refractivity contribution in [3.63, 3.8) is 0 Å². The minimum Gasteiger partial charge on any atom is -0.497 e. The second-order valence-electron chi connectivity index (χ2n) is 5.19. The molecule has 0 spiro atoms. The highest BCUT2D eigenvalue weighted by Gasteiger charge is 2.13. The summed E-state index contributed by atoms with van der Waals surface area (Å²) in [6.07, 6.45) is 10.9. The van der Waals surface area contributed by atoms with E-state index in [-0.39, 0.29) is 6.10 Å². The number of rotatable bonds is 4. The van der Waals surface area contributed by atoms with Crippen molar-refractivity contribution in [1.82, 2.24) is 4.98 Å². The maximum atomic E-state index is 5.53. The van der Waals surface area contributed by atoms with Crippen LogP contribution >= 0.6 is 0 Å². The Bertz CT molecular complexity index is 424. The van der Waals surface area contributed by atoms with Crippen molar-refractivity contribution in [2.24, 2.45) is 0 Å². The van der Waals surface area contributed by atoms with E-state index in [0.717, 1.165) is 44.0 Å². The highest BCUT2D eigenvalue weighted by Crippen LogP contribution is 2.19. The zero-order valence-corrected chi connectivity index (χ0v) is 11.2. The summed E-state index contributed by atoms with van der Waals surface area (Å²) < 4.78 is 5.53. The van der Waals surface area contributed by atoms with E-state index >= 15 is 0 Å². The molecule has 3 rings (SSSR count). The van der Waals surface area contributed by atoms with Crippen LogP contribution in [0.3, 0.4) is 0 Å². The SMILES string of the molecule is C1=COC(CNc2ccc(N3CCCC3)nc2)CC1. The highest BCUT2D eigenvalue weighted by molar-refractivity contribution is 5.49. The second kappa shape index (κ2) is 5.95. The van der Waals surface area contributed by atoms with Crippen molar-refractivity contribution in [3.8, 4) is 0 Å². The predicted molar refractivity (Wildman–Crippen MR) is 77.4 cm³/mol. The predicted octanol–water partition coefficient (Wildman–Crippen LogP) is 2.79. The number of nitrogens with zero attached hydrogens (tertiary/aromatic N) is 2. The van der Waals surface area contributed by atoms with Gasteiger partial charge in [0, 0.05) is 13.1 Å². The normalized spacial score (nSPS) is 22.3. The van der Waals surface area contributed by atoms with Gasteiger partial charge in [0.1, 0.15) is 11.9 Å². The average molecular weight is 259 g/mol. The van der Waals surface area contributed by atoms with Gasteiger partial charge in [0.15, 0.2) is 0 Å². The monoisotopic (exact) mass is 259 g/mol. The number of pyridine rings is 1. The molecule has 0 aliphatic carbocycles. The van der Waals surface area contributed by atoms with E-state index in [4.69, 9.17) is 4.74 Å². The molecule has 1 saturated heterocycles. The lowest BCUT2D eigenvalue weighted by molar-refractivity contribution is 0.135. The maximum absolute atomic E-state index is 5.53. The maximum Gasteiger partial charge on any atom is 0.128 e. The number of ether oxygens (including phenoxy) is 1. The first kappa shape index (κ1) is 12.3. The van der Waals surface area contributed by atoms with Crippen molar-refractivity contribution >= 4 is 11.5 Å². The van der Waals surface area contributed by atoms with Crippen molar-refractivity contribution in [1.29, 1.82) is 0 Å². The van der Waals surface area contributed by atoms with Gasteiger partial charge < -0.3 is 15.0 Å². The molecule has 1 unspecified atom stereocenters. The Kier molecular flexibility index (Phi) is 3.86. The molecule has 1 aromatic heterocycles. The summed E-state index contributed by atoms with van der Waals surface area (Å²) in [6.45, 7) is 3.12. The van der Waals surface area contributed by atoms with Crippen LogP contribution < -0.4 is 10.2 Å². The Hall–Kier alpha value is -1.71. The van der Waals surface area contributed by atoms with Crippen molar-refractivity contribution < 1.29 is 4.74 Å². The van der Waals surface area contributed by atoms with E-state index in [1.54, 1.807) is 0 Å². The van der Waals surface area contributed by atoms with Gasteiger partial charge in [0.2, 0.25) is 0 Å². The first-order valence-electron chi connectivity index (χ1n) is 7.17. The number of allylic oxidation sites excluding steroid dienone is 1. The van der Waals surface area contributed by atoms with Gasteiger partial charge in [0.25, 0.3) is 0 Å². The Morgan fingerprint density at radius 2 is 2.21 bits per heavy atom. The number of hydrogen-bond acceptors (Lipinski definition) is 4. The topological polar surface area (TPSA) is 37.4 Å². The highest BCUT2D eigenvalue weighted by atomic mass is 16.5. The first-order valence-corrected chi connectivity index (χ1v) is 7.17. The molecule has 1 fully saturated rings. The van der Waals surface area contributed by atoms with Crippen LogP contribution in [-0.2, 0) is 4.74 Å². The third-order valence-corrected chi connectivity index (χ3v) is 3.73. The van der Waals surface area contributed by atoms with Crippen molar-refractivity contribution in [3.05, 3.63) is 30.7 Å². The van der Waals surface area contributed by atoms with E-state index in [1.165, 1.54) is 12.8 Å². The van der Waals surface area contributed by atoms with Gasteiger partial charge in [-0.25, -0.2) is 4.98 Å². The third-order valence-electron chi connectivity index (χ3n) is 3.73. The molecule has 1 atom stereocenters. The van der Waals surface area contributed by atoms with Crippen LogP contribution in [0.15, 0.2) is 30.7 Å². The average Bonchev–Trinajstić information content (AvgIpc) is 3.01. The van der Waals surface area contributed by atoms with Crippen LogP contribution in [0, 0.1) is 0 Å². The second-order valence-corrected chi connectivity index (χ2v) is 5.19. The number of anilines is 2. The molecule has 102 valence electrons. The van der Waals surface area contributed by atoms with E-state index in [0.29, 0.717) is 0 Å². The van der Waals surface area contributed by atoms with Crippen LogP contribution in [0.4, 0.5) is 11.5 Å². The van der Waals surface area contributed by atoms with Gasteiger partial charge in [0.05, 0.1) is 24.7 Å². The molecule has 2 aliphatic rings. The quantitative estimate of drug-likeness (QED) is 0.902. The van der Waals surface area contributed by atoms with Crippen LogP contribution in [0.5, 0.6) is 0 Å². The van der Waals surface area contributed by atoms with Crippen LogP contribution in [0.2, 0.25) is 0 Å². The molecule has 19 heavy (non-hydrogen) atoms. The molecule has 0 bridgehead atoms. The summed E-state index contributed by atoms with van der Waals surface area (Å²) in [5, 5.41) is 3.39. The standard InChI is InChI=1S/C15H21N3O/c1-4-10-19-14(5-1)12-16-13-6-7-15(17-11-13)18-8-2-3-9-18/h4,6-7,10-11,14,16H,1-3,5,8-9,12H2. The fourth-order valence-electron chi connectivity index (χ4n) is 2.59. The van der Waals surface area contributed by atoms with Gasteiger partial charge in [-0.1, -0.05) is 0 Å². The summed E-state index contributed by atoms with van der Waals surface area (Å²) in [4.78, 5) is 6.88. The third kappa shape index (κ3) is 3.19. The van der Waals surface area contributed by atoms with Crippen molar-refractivity contribution in [2.45, 2.75) is 31.8 Å². The van der Waals surface area contributed by atoms with Gasteiger partial charge in [-0.3, -0.25) is 0 Å². The Balaban J connectivity index is 1.52. The lowest BCUT2D eigenvalue weighted by Gasteiger charge is -2.20. The zero-order valence-electron chi connectivity index (χ0n) is 11.2. The molecule has 0 saturated carbocycles. The largest absolute Gasteiger partial charge is 0.497 e. The number of aromatic nitrogens is 1. The first-order chi connectivity index (χ1) is 9.42. The fraction of sp³-hybridized carbons (Fsp3) is 0.533. The van der Waals surface area contributed by atoms with Crippen LogP contribution in [0.25, 0.3) is 0 Å². The van der Waals surface area contributed by atoms with E-state index in [9.17, 15) is 0 Å². The molecule has 4 nitrogen and oxygen atoms in total. The van der Waals surface area contributed by atoms with Gasteiger partial charge in [-0.2, -0.15) is 0 Å². The smallest absolute Gasteiger partial charge is 0.128 e. The molecular weight excluding hydrogens is 238 g/mol. The molecule has 0 amide bonds. The zero-order chi connectivity index (χ0) is 12.9. The summed E-state index contributed by atoms with van der Waals surface area (Å²) in [5.74, 6) is 1.10. The molecule has 0 radical (unpaired) electrons. The summed E-state index contributed by atoms with van der Waals surface area (Å²) >= 11 is 0. The molecule has 2 aliphatic heterocycles. The van der Waals surface area contributed by atoms with Gasteiger partial charge in [-0.15, -0.1) is 0 Å². The molecule has 1 N–H and O–H groups in total. The Morgan fingerprint density at radius 3 is 2.89 bits per heavy atom. The fourth-order valence-corrected chi connectivity index (χ4v) is 2.59. The Labute approximate surface area is 114 Å². The lowest BCUT2D eigenvalue weighted by atomic mass is 10.1. The minimum absolute atomic E-state index is 0.281. The Morgan fingerprint density at radius 1 is 1.32 bits per heavy atom. The molecular formula is C15H21N3O. The van der Waals surface area contributed by atoms with Gasteiger partial charge in [-0.05, 0) is 43.9 Å². The summed E-state index contributed by atoms with van der Waals surface area (Å²) in [5.41, 5.74) is 1.07. The minimum atomic E-state index is 0.281. The van der Waals surface area contributed by atoms with E-state index < -0.39 is 0 Å². The molecule has 1 aromatic rings. The van der Waals surface area contributed by atoms with E-state index in [1.807, 2.05) is 12.5 Å². The van der Waals surface area contributed by atoms with Crippen LogP contribution in [0.1, 0.15) is 25.7 Å². The van der Waals surface area contributed by atoms with E-state index in [2.05, 4.69) is 33.4 Å². The number of hydrogen-bond donors (Lipinski definition) is 1. The summed E-state index contributed by atoms with van der Waals surface area (Å²) in [7, 11) is 0. The van der Waals surface area contributed by atoms with Crippen molar-refractivity contribution in [2.75, 3.05) is 29.9 Å². The number of nitrogens with one attached hydrogen (secondary N) is 1. The molecule has 3 heterocycles.